The molecule has 1 aromatic carbocycles. The number of hydrogen-bond acceptors (Lipinski definition) is 3. The van der Waals surface area contributed by atoms with Crippen LogP contribution in [0.3, 0.4) is 0 Å². The van der Waals surface area contributed by atoms with Crippen LogP contribution in [0.2, 0.25) is 0 Å². The molecule has 0 amide bonds. The van der Waals surface area contributed by atoms with E-state index in [0.717, 1.165) is 5.75 Å². The van der Waals surface area contributed by atoms with Crippen LogP contribution in [0.15, 0.2) is 18.2 Å². The third-order valence-corrected chi connectivity index (χ3v) is 4.16. The summed E-state index contributed by atoms with van der Waals surface area (Å²) in [5, 5.41) is 0. The van der Waals surface area contributed by atoms with Gasteiger partial charge in [-0.25, -0.2) is 0 Å². The third kappa shape index (κ3) is 4.07. The summed E-state index contributed by atoms with van der Waals surface area (Å²) >= 11 is 0. The molecule has 0 aliphatic carbocycles. The van der Waals surface area contributed by atoms with Gasteiger partial charge in [-0.2, -0.15) is 0 Å². The monoisotopic (exact) mass is 295 g/mol. The zero-order chi connectivity index (χ0) is 15.6. The van der Waals surface area contributed by atoms with E-state index in [-0.39, 0.29) is 10.8 Å². The van der Waals surface area contributed by atoms with E-state index in [1.165, 1.54) is 11.1 Å². The molecule has 20 heavy (non-hydrogen) atoms. The molecule has 113 valence electrons. The molecule has 0 atom stereocenters. The molecule has 1 rings (SSSR count). The molecule has 0 saturated carbocycles. The van der Waals surface area contributed by atoms with E-state index in [2.05, 4.69) is 47.6 Å². The fourth-order valence-electron chi connectivity index (χ4n) is 2.27. The van der Waals surface area contributed by atoms with E-state index in [4.69, 9.17) is 13.3 Å². The Morgan fingerprint density at radius 2 is 1.40 bits per heavy atom. The Labute approximate surface area is 125 Å². The van der Waals surface area contributed by atoms with Gasteiger partial charge in [-0.1, -0.05) is 53.7 Å². The lowest BCUT2D eigenvalue weighted by molar-refractivity contribution is 0.200. The van der Waals surface area contributed by atoms with Crippen molar-refractivity contribution in [3.05, 3.63) is 29.3 Å². The van der Waals surface area contributed by atoms with Crippen LogP contribution in [0.1, 0.15) is 52.7 Å². The lowest BCUT2D eigenvalue weighted by Crippen LogP contribution is -2.30. The fourth-order valence-corrected chi connectivity index (χ4v) is 2.95. The normalized spacial score (nSPS) is 12.8. The number of rotatable bonds is 4. The van der Waals surface area contributed by atoms with Gasteiger partial charge in [0, 0.05) is 19.8 Å². The molecule has 0 fully saturated rings. The highest BCUT2D eigenvalue weighted by atomic mass is 28.3. The molecule has 0 bridgehead atoms. The maximum Gasteiger partial charge on any atom is 0.655 e. The Morgan fingerprint density at radius 3 is 1.80 bits per heavy atom. The first-order chi connectivity index (χ1) is 9.11. The molecule has 3 nitrogen and oxygen atoms in total. The van der Waals surface area contributed by atoms with Gasteiger partial charge >= 0.3 is 9.53 Å². The molecule has 1 radical (unpaired) electrons. The minimum Gasteiger partial charge on any atom is -0.498 e. The van der Waals surface area contributed by atoms with Crippen LogP contribution in [0.25, 0.3) is 0 Å². The zero-order valence-corrected chi connectivity index (χ0v) is 15.0. The highest BCUT2D eigenvalue weighted by Gasteiger charge is 2.30. The van der Waals surface area contributed by atoms with Crippen molar-refractivity contribution in [3.8, 4) is 5.75 Å². The summed E-state index contributed by atoms with van der Waals surface area (Å²) in [5.74, 6) is 0.863. The first-order valence-electron chi connectivity index (χ1n) is 6.88. The second kappa shape index (κ2) is 6.29. The van der Waals surface area contributed by atoms with Gasteiger partial charge in [0.05, 0.1) is 0 Å². The van der Waals surface area contributed by atoms with Gasteiger partial charge in [-0.15, -0.1) is 0 Å². The van der Waals surface area contributed by atoms with Crippen molar-refractivity contribution in [2.24, 2.45) is 0 Å². The Kier molecular flexibility index (Phi) is 5.41. The maximum absolute atomic E-state index is 5.96. The number of hydrogen-bond donors (Lipinski definition) is 0. The Morgan fingerprint density at radius 1 is 0.850 bits per heavy atom. The van der Waals surface area contributed by atoms with Crippen LogP contribution in [-0.2, 0) is 19.7 Å². The predicted octanol–water partition coefficient (Wildman–Crippen LogP) is 3.94. The molecule has 0 aliphatic heterocycles. The summed E-state index contributed by atoms with van der Waals surface area (Å²) in [4.78, 5) is 0. The van der Waals surface area contributed by atoms with E-state index in [1.54, 1.807) is 14.2 Å². The lowest BCUT2D eigenvalue weighted by Gasteiger charge is -2.32. The summed E-state index contributed by atoms with van der Waals surface area (Å²) in [5.41, 5.74) is 2.59. The van der Waals surface area contributed by atoms with Gasteiger partial charge in [-0.3, -0.25) is 0 Å². The topological polar surface area (TPSA) is 27.7 Å². The number of benzene rings is 1. The van der Waals surface area contributed by atoms with Crippen molar-refractivity contribution in [1.29, 1.82) is 0 Å². The van der Waals surface area contributed by atoms with Gasteiger partial charge in [0.1, 0.15) is 5.75 Å². The first kappa shape index (κ1) is 17.2. The van der Waals surface area contributed by atoms with Crippen molar-refractivity contribution >= 4 is 9.53 Å². The summed E-state index contributed by atoms with van der Waals surface area (Å²) in [6.45, 7) is 13.3. The Hall–Kier alpha value is -0.843. The van der Waals surface area contributed by atoms with Gasteiger partial charge in [0.15, 0.2) is 0 Å². The summed E-state index contributed by atoms with van der Waals surface area (Å²) < 4.78 is 16.5. The molecule has 0 spiro atoms. The van der Waals surface area contributed by atoms with E-state index in [0.29, 0.717) is 0 Å². The van der Waals surface area contributed by atoms with E-state index in [1.807, 2.05) is 12.1 Å². The highest BCUT2D eigenvalue weighted by molar-refractivity contribution is 6.37. The van der Waals surface area contributed by atoms with Crippen LogP contribution in [0, 0.1) is 0 Å². The molecular formula is C16H27O3Si. The molecular weight excluding hydrogens is 268 g/mol. The molecule has 0 N–H and O–H groups in total. The Bertz CT molecular complexity index is 440. The molecule has 4 heteroatoms. The van der Waals surface area contributed by atoms with Gasteiger partial charge in [0.25, 0.3) is 0 Å². The minimum absolute atomic E-state index is 0.00628. The SMILES string of the molecule is CO[Si](OC)Oc1cccc(C(C)(C)C)c1C(C)(C)C. The van der Waals surface area contributed by atoms with Crippen molar-refractivity contribution in [1.82, 2.24) is 0 Å². The highest BCUT2D eigenvalue weighted by Crippen LogP contribution is 2.39. The summed E-state index contributed by atoms with van der Waals surface area (Å²) in [6, 6.07) is 6.22. The van der Waals surface area contributed by atoms with Crippen LogP contribution in [0.5, 0.6) is 5.75 Å². The van der Waals surface area contributed by atoms with Gasteiger partial charge in [-0.05, 0) is 22.5 Å². The average molecular weight is 295 g/mol. The average Bonchev–Trinajstić information content (AvgIpc) is 2.33. The molecule has 0 heterocycles. The fraction of sp³-hybridized carbons (Fsp3) is 0.625. The standard InChI is InChI=1S/C16H27O3Si/c1-15(2,3)12-10-9-11-13(14(12)16(4,5)6)19-20(17-7)18-8/h9-11H,1-8H3. The van der Waals surface area contributed by atoms with E-state index < -0.39 is 9.53 Å². The largest absolute Gasteiger partial charge is 0.655 e. The predicted molar refractivity (Wildman–Crippen MR) is 84.2 cm³/mol. The van der Waals surface area contributed by atoms with Crippen molar-refractivity contribution in [2.45, 2.75) is 52.4 Å². The molecule has 0 aliphatic rings. The van der Waals surface area contributed by atoms with Crippen LogP contribution < -0.4 is 4.43 Å². The van der Waals surface area contributed by atoms with Crippen LogP contribution in [-0.4, -0.2) is 23.7 Å². The molecule has 1 aromatic rings. The second-order valence-corrected chi connectivity index (χ2v) is 8.46. The maximum atomic E-state index is 5.96. The van der Waals surface area contributed by atoms with E-state index in [9.17, 15) is 0 Å². The molecule has 0 aromatic heterocycles. The Balaban J connectivity index is 3.38. The molecule has 0 saturated heterocycles. The first-order valence-corrected chi connectivity index (χ1v) is 8.10. The molecule has 0 unspecified atom stereocenters. The minimum atomic E-state index is -1.72. The zero-order valence-electron chi connectivity index (χ0n) is 14.0. The van der Waals surface area contributed by atoms with Crippen molar-refractivity contribution in [2.75, 3.05) is 14.2 Å². The van der Waals surface area contributed by atoms with Crippen molar-refractivity contribution < 1.29 is 13.3 Å². The summed E-state index contributed by atoms with van der Waals surface area (Å²) in [7, 11) is 1.51. The van der Waals surface area contributed by atoms with Crippen molar-refractivity contribution in [3.63, 3.8) is 0 Å². The van der Waals surface area contributed by atoms with Gasteiger partial charge < -0.3 is 13.3 Å². The lowest BCUT2D eigenvalue weighted by atomic mass is 9.75. The quantitative estimate of drug-likeness (QED) is 0.788. The van der Waals surface area contributed by atoms with Crippen LogP contribution >= 0.6 is 0 Å². The van der Waals surface area contributed by atoms with Gasteiger partial charge in [0.2, 0.25) is 0 Å². The van der Waals surface area contributed by atoms with E-state index >= 15 is 0 Å². The third-order valence-electron chi connectivity index (χ3n) is 3.11. The second-order valence-electron chi connectivity index (χ2n) is 6.94. The van der Waals surface area contributed by atoms with Crippen LogP contribution in [0.4, 0.5) is 0 Å². The summed E-state index contributed by atoms with van der Waals surface area (Å²) in [6.07, 6.45) is 0. The smallest absolute Gasteiger partial charge is 0.498 e.